The summed E-state index contributed by atoms with van der Waals surface area (Å²) in [4.78, 5) is 25.1. The van der Waals surface area contributed by atoms with Crippen LogP contribution < -0.4 is 10.0 Å². The number of tetrazole rings is 1. The van der Waals surface area contributed by atoms with E-state index in [1.807, 2.05) is 6.07 Å². The average molecular weight is 509 g/mol. The Morgan fingerprint density at radius 3 is 2.58 bits per heavy atom. The molecule has 7 rings (SSSR count). The van der Waals surface area contributed by atoms with E-state index in [0.29, 0.717) is 78.9 Å². The molecule has 3 saturated carbocycles. The molecule has 1 atom stereocenters. The average Bonchev–Trinajstić information content (AvgIpc) is 3.55. The molecule has 1 aromatic carbocycles. The Labute approximate surface area is 211 Å². The Hall–Kier alpha value is -3.53. The third kappa shape index (κ3) is 3.62. The van der Waals surface area contributed by atoms with Crippen LogP contribution in [0.15, 0.2) is 36.8 Å². The van der Waals surface area contributed by atoms with E-state index in [1.54, 1.807) is 18.2 Å². The van der Waals surface area contributed by atoms with Crippen LogP contribution in [0.4, 0.5) is 0 Å². The summed E-state index contributed by atoms with van der Waals surface area (Å²) in [7, 11) is 0. The maximum Gasteiger partial charge on any atom is 0.309 e. The number of amides is 1. The second kappa shape index (κ2) is 8.26. The lowest BCUT2D eigenvalue weighted by Gasteiger charge is -2.51. The molecule has 0 spiro atoms. The topological polar surface area (TPSA) is 137 Å². The minimum Gasteiger partial charge on any atom is -0.618 e. The van der Waals surface area contributed by atoms with Gasteiger partial charge in [-0.15, -0.1) is 5.10 Å². The largest absolute Gasteiger partial charge is 0.618 e. The molecule has 3 aromatic rings. The molecule has 2 N–H and O–H groups in total. The molecule has 4 aliphatic rings. The van der Waals surface area contributed by atoms with Crippen LogP contribution in [0.3, 0.4) is 0 Å². The molecular weight excluding hydrogens is 484 g/mol. The SMILES string of the molecule is O=C(NC12CCC(C(=O)O)(CC1)CC2)C1CCc2cc(-c3cc(Cl)ccc3-n3cnnn3)c[n+]([O-])c21. The highest BCUT2D eigenvalue weighted by Crippen LogP contribution is 2.52. The summed E-state index contributed by atoms with van der Waals surface area (Å²) in [6.07, 6.45) is 7.85. The first kappa shape index (κ1) is 22.9. The van der Waals surface area contributed by atoms with Crippen molar-refractivity contribution in [1.29, 1.82) is 0 Å². The summed E-state index contributed by atoms with van der Waals surface area (Å²) in [5.41, 5.74) is 2.36. The maximum atomic E-state index is 13.4. The van der Waals surface area contributed by atoms with Gasteiger partial charge in [-0.25, -0.2) is 0 Å². The highest BCUT2D eigenvalue weighted by atomic mass is 35.5. The molecule has 0 aliphatic heterocycles. The first-order valence-corrected chi connectivity index (χ1v) is 12.5. The predicted octanol–water partition coefficient (Wildman–Crippen LogP) is 2.94. The van der Waals surface area contributed by atoms with Crippen LogP contribution in [0, 0.1) is 10.6 Å². The van der Waals surface area contributed by atoms with Gasteiger partial charge in [0.05, 0.1) is 11.1 Å². The number of hydrogen-bond acceptors (Lipinski definition) is 6. The van der Waals surface area contributed by atoms with Crippen LogP contribution in [-0.2, 0) is 16.0 Å². The third-order valence-electron chi connectivity index (χ3n) is 8.46. The van der Waals surface area contributed by atoms with Crippen molar-refractivity contribution in [2.24, 2.45) is 5.41 Å². The normalized spacial score (nSPS) is 26.5. The van der Waals surface area contributed by atoms with Crippen molar-refractivity contribution >= 4 is 23.5 Å². The molecule has 10 nitrogen and oxygen atoms in total. The van der Waals surface area contributed by atoms with Gasteiger partial charge < -0.3 is 15.6 Å². The molecule has 0 saturated heterocycles. The number of aryl methyl sites for hydroxylation is 1. The Morgan fingerprint density at radius 1 is 1.17 bits per heavy atom. The van der Waals surface area contributed by atoms with E-state index >= 15 is 0 Å². The highest BCUT2D eigenvalue weighted by Gasteiger charge is 2.54. The van der Waals surface area contributed by atoms with Crippen molar-refractivity contribution in [3.05, 3.63) is 58.3 Å². The molecule has 2 bridgehead atoms. The molecule has 4 aliphatic carbocycles. The van der Waals surface area contributed by atoms with Crippen molar-refractivity contribution in [2.45, 2.75) is 62.8 Å². The molecule has 1 amide bonds. The third-order valence-corrected chi connectivity index (χ3v) is 8.69. The summed E-state index contributed by atoms with van der Waals surface area (Å²) >= 11 is 6.27. The Bertz CT molecular complexity index is 1350. The summed E-state index contributed by atoms with van der Waals surface area (Å²) < 4.78 is 2.32. The lowest BCUT2D eigenvalue weighted by Crippen LogP contribution is -2.59. The zero-order valence-electron chi connectivity index (χ0n) is 19.5. The number of carbonyl (C=O) groups excluding carboxylic acids is 1. The molecule has 3 fully saturated rings. The minimum atomic E-state index is -0.724. The van der Waals surface area contributed by atoms with E-state index in [9.17, 15) is 19.9 Å². The van der Waals surface area contributed by atoms with Crippen LogP contribution in [0.2, 0.25) is 5.02 Å². The number of carboxylic acids is 1. The number of carbonyl (C=O) groups is 2. The molecule has 0 radical (unpaired) electrons. The van der Waals surface area contributed by atoms with Gasteiger partial charge in [-0.05, 0) is 86.1 Å². The molecule has 2 aromatic heterocycles. The van der Waals surface area contributed by atoms with E-state index in [4.69, 9.17) is 11.6 Å². The first-order valence-electron chi connectivity index (χ1n) is 12.1. The molecule has 186 valence electrons. The summed E-state index contributed by atoms with van der Waals surface area (Å²) in [5, 5.41) is 38.0. The zero-order chi connectivity index (χ0) is 25.1. The van der Waals surface area contributed by atoms with E-state index < -0.39 is 17.3 Å². The molecule has 11 heteroatoms. The summed E-state index contributed by atoms with van der Waals surface area (Å²) in [6, 6.07) is 7.23. The number of halogens is 1. The highest BCUT2D eigenvalue weighted by molar-refractivity contribution is 6.31. The summed E-state index contributed by atoms with van der Waals surface area (Å²) in [5.74, 6) is -1.40. The van der Waals surface area contributed by atoms with Gasteiger partial charge in [0, 0.05) is 27.3 Å². The smallest absolute Gasteiger partial charge is 0.309 e. The number of carboxylic acid groups (broad SMARTS) is 1. The summed E-state index contributed by atoms with van der Waals surface area (Å²) in [6.45, 7) is 0. The number of rotatable bonds is 5. The second-order valence-electron chi connectivity index (χ2n) is 10.3. The number of fused-ring (bicyclic) bond motifs is 4. The van der Waals surface area contributed by atoms with Crippen LogP contribution in [0.25, 0.3) is 16.8 Å². The second-order valence-corrected chi connectivity index (χ2v) is 10.8. The number of aromatic nitrogens is 5. The van der Waals surface area contributed by atoms with Gasteiger partial charge in [0.25, 0.3) is 0 Å². The van der Waals surface area contributed by atoms with E-state index in [-0.39, 0.29) is 11.4 Å². The number of nitrogens with one attached hydrogen (secondary N) is 1. The van der Waals surface area contributed by atoms with Crippen LogP contribution in [0.5, 0.6) is 0 Å². The lowest BCUT2D eigenvalue weighted by atomic mass is 9.57. The van der Waals surface area contributed by atoms with Crippen molar-refractivity contribution in [3.8, 4) is 16.8 Å². The van der Waals surface area contributed by atoms with Crippen LogP contribution >= 0.6 is 11.6 Å². The van der Waals surface area contributed by atoms with Crippen molar-refractivity contribution in [1.82, 2.24) is 25.5 Å². The van der Waals surface area contributed by atoms with E-state index in [0.717, 1.165) is 10.3 Å². The van der Waals surface area contributed by atoms with Crippen LogP contribution in [-0.4, -0.2) is 42.7 Å². The lowest BCUT2D eigenvalue weighted by molar-refractivity contribution is -0.613. The molecule has 2 heterocycles. The van der Waals surface area contributed by atoms with Gasteiger partial charge in [-0.2, -0.15) is 9.41 Å². The van der Waals surface area contributed by atoms with Crippen molar-refractivity contribution in [3.63, 3.8) is 0 Å². The van der Waals surface area contributed by atoms with Crippen LogP contribution in [0.1, 0.15) is 62.1 Å². The van der Waals surface area contributed by atoms with E-state index in [1.165, 1.54) is 17.2 Å². The van der Waals surface area contributed by atoms with E-state index in [2.05, 4.69) is 20.8 Å². The Balaban J connectivity index is 1.27. The molecule has 1 unspecified atom stereocenters. The monoisotopic (exact) mass is 508 g/mol. The standard InChI is InChI=1S/C25H25ClN6O4/c26-17-2-4-20(31-14-27-29-30-31)19(12-17)16-11-15-1-3-18(21(15)32(36)13-16)22(33)28-25-8-5-24(6-9-25,7-10-25)23(34)35/h2,4,11-14,18H,1,3,5-10H2,(H,28,33)(H,34,35). The maximum absolute atomic E-state index is 13.4. The van der Waals surface area contributed by atoms with Gasteiger partial charge in [0.15, 0.2) is 6.20 Å². The van der Waals surface area contributed by atoms with Gasteiger partial charge >= 0.3 is 5.97 Å². The molecule has 36 heavy (non-hydrogen) atoms. The fraction of sp³-hybridized carbons (Fsp3) is 0.440. The Morgan fingerprint density at radius 2 is 1.92 bits per heavy atom. The van der Waals surface area contributed by atoms with Gasteiger partial charge in [-0.3, -0.25) is 9.59 Å². The molecular formula is C25H25ClN6O4. The number of nitrogens with zero attached hydrogens (tertiary/aromatic N) is 5. The quantitative estimate of drug-likeness (QED) is 0.399. The minimum absolute atomic E-state index is 0.145. The predicted molar refractivity (Wildman–Crippen MR) is 128 cm³/mol. The number of benzene rings is 1. The van der Waals surface area contributed by atoms with Gasteiger partial charge in [0.1, 0.15) is 12.2 Å². The number of aliphatic carboxylic acids is 1. The number of hydrogen-bond donors (Lipinski definition) is 2. The first-order chi connectivity index (χ1) is 17.3. The van der Waals surface area contributed by atoms with Gasteiger partial charge in [-0.1, -0.05) is 11.6 Å². The Kier molecular flexibility index (Phi) is 5.26. The fourth-order valence-corrected chi connectivity index (χ4v) is 6.48. The van der Waals surface area contributed by atoms with Gasteiger partial charge in [0.2, 0.25) is 11.6 Å². The van der Waals surface area contributed by atoms with Crippen molar-refractivity contribution < 1.29 is 19.4 Å². The fourth-order valence-electron chi connectivity index (χ4n) is 6.31. The zero-order valence-corrected chi connectivity index (χ0v) is 20.2. The van der Waals surface area contributed by atoms with Crippen molar-refractivity contribution in [2.75, 3.05) is 0 Å². The number of pyridine rings is 1.